The molecule has 2 aliphatic rings. The van der Waals surface area contributed by atoms with E-state index in [-0.39, 0.29) is 17.6 Å². The van der Waals surface area contributed by atoms with E-state index in [0.29, 0.717) is 13.1 Å². The summed E-state index contributed by atoms with van der Waals surface area (Å²) < 4.78 is 10.9. The van der Waals surface area contributed by atoms with Crippen molar-refractivity contribution < 1.29 is 14.3 Å². The van der Waals surface area contributed by atoms with E-state index in [9.17, 15) is 4.79 Å². The molecule has 5 nitrogen and oxygen atoms in total. The molecule has 1 aliphatic heterocycles. The third kappa shape index (κ3) is 3.09. The molecule has 1 atom stereocenters. The van der Waals surface area contributed by atoms with Crippen molar-refractivity contribution in [2.75, 3.05) is 20.2 Å². The number of amides is 1. The van der Waals surface area contributed by atoms with Crippen molar-refractivity contribution in [1.82, 2.24) is 4.90 Å². The average molecular weight is 332 g/mol. The SMILES string of the molecule is COc1ccc2c(c1)C1(CCN(C(=O)OC(C)(C)C)CC1)C[C@H]2N. The molecule has 0 bridgehead atoms. The average Bonchev–Trinajstić information content (AvgIpc) is 2.78. The van der Waals surface area contributed by atoms with Crippen LogP contribution in [0.15, 0.2) is 18.2 Å². The summed E-state index contributed by atoms with van der Waals surface area (Å²) >= 11 is 0. The van der Waals surface area contributed by atoms with Gasteiger partial charge in [0.25, 0.3) is 0 Å². The molecule has 1 aliphatic carbocycles. The zero-order chi connectivity index (χ0) is 17.5. The van der Waals surface area contributed by atoms with Crippen LogP contribution in [0.1, 0.15) is 57.2 Å². The highest BCUT2D eigenvalue weighted by molar-refractivity contribution is 5.68. The Kier molecular flexibility index (Phi) is 4.24. The van der Waals surface area contributed by atoms with E-state index in [1.807, 2.05) is 31.7 Å². The summed E-state index contributed by atoms with van der Waals surface area (Å²) in [5, 5.41) is 0. The van der Waals surface area contributed by atoms with Crippen molar-refractivity contribution in [1.29, 1.82) is 0 Å². The molecule has 0 saturated carbocycles. The fourth-order valence-corrected chi connectivity index (χ4v) is 4.00. The van der Waals surface area contributed by atoms with Gasteiger partial charge in [-0.15, -0.1) is 0 Å². The third-order valence-corrected chi connectivity index (χ3v) is 5.21. The van der Waals surface area contributed by atoms with Crippen LogP contribution in [-0.2, 0) is 10.2 Å². The Bertz CT molecular complexity index is 628. The normalized spacial score (nSPS) is 22.4. The predicted octanol–water partition coefficient (Wildman–Crippen LogP) is 3.37. The first-order chi connectivity index (χ1) is 11.2. The van der Waals surface area contributed by atoms with E-state index in [1.54, 1.807) is 7.11 Å². The smallest absolute Gasteiger partial charge is 0.410 e. The number of rotatable bonds is 1. The minimum atomic E-state index is -0.456. The molecule has 132 valence electrons. The lowest BCUT2D eigenvalue weighted by atomic mass is 9.73. The number of methoxy groups -OCH3 is 1. The van der Waals surface area contributed by atoms with Gasteiger partial charge in [0.1, 0.15) is 11.4 Å². The van der Waals surface area contributed by atoms with Crippen LogP contribution < -0.4 is 10.5 Å². The molecule has 1 aromatic rings. The van der Waals surface area contributed by atoms with Gasteiger partial charge >= 0.3 is 6.09 Å². The summed E-state index contributed by atoms with van der Waals surface area (Å²) in [6.45, 7) is 7.11. The number of likely N-dealkylation sites (tertiary alicyclic amines) is 1. The molecule has 24 heavy (non-hydrogen) atoms. The van der Waals surface area contributed by atoms with Crippen molar-refractivity contribution in [3.8, 4) is 5.75 Å². The van der Waals surface area contributed by atoms with Gasteiger partial charge < -0.3 is 20.1 Å². The summed E-state index contributed by atoms with van der Waals surface area (Å²) in [7, 11) is 1.69. The maximum atomic E-state index is 12.3. The number of carbonyl (C=O) groups excluding carboxylic acids is 1. The highest BCUT2D eigenvalue weighted by Gasteiger charge is 2.45. The van der Waals surface area contributed by atoms with Crippen LogP contribution in [0, 0.1) is 0 Å². The standard InChI is InChI=1S/C19H28N2O3/c1-18(2,3)24-17(22)21-9-7-19(8-10-21)12-16(20)14-6-5-13(23-4)11-15(14)19/h5-6,11,16H,7-10,12,20H2,1-4H3/t16-/m1/s1. The molecule has 1 amide bonds. The van der Waals surface area contributed by atoms with Crippen LogP contribution in [-0.4, -0.2) is 36.8 Å². The Morgan fingerprint density at radius 2 is 1.96 bits per heavy atom. The number of carbonyl (C=O) groups is 1. The quantitative estimate of drug-likeness (QED) is 0.856. The molecular weight excluding hydrogens is 304 g/mol. The summed E-state index contributed by atoms with van der Waals surface area (Å²) in [5.74, 6) is 0.872. The minimum Gasteiger partial charge on any atom is -0.497 e. The van der Waals surface area contributed by atoms with Crippen LogP contribution in [0.25, 0.3) is 0 Å². The summed E-state index contributed by atoms with van der Waals surface area (Å²) in [6.07, 6.45) is 2.56. The van der Waals surface area contributed by atoms with Gasteiger partial charge in [-0.05, 0) is 63.3 Å². The second kappa shape index (κ2) is 5.96. The third-order valence-electron chi connectivity index (χ3n) is 5.21. The zero-order valence-electron chi connectivity index (χ0n) is 15.1. The van der Waals surface area contributed by atoms with Crippen molar-refractivity contribution in [3.05, 3.63) is 29.3 Å². The van der Waals surface area contributed by atoms with E-state index < -0.39 is 5.60 Å². The molecule has 1 heterocycles. The Morgan fingerprint density at radius 3 is 2.54 bits per heavy atom. The van der Waals surface area contributed by atoms with Crippen molar-refractivity contribution in [2.24, 2.45) is 5.73 Å². The Balaban J connectivity index is 1.76. The molecule has 2 N–H and O–H groups in total. The van der Waals surface area contributed by atoms with E-state index >= 15 is 0 Å². The number of hydrogen-bond acceptors (Lipinski definition) is 4. The lowest BCUT2D eigenvalue weighted by molar-refractivity contribution is 0.0162. The van der Waals surface area contributed by atoms with Gasteiger partial charge in [0.15, 0.2) is 0 Å². The molecule has 1 spiro atoms. The summed E-state index contributed by atoms with van der Waals surface area (Å²) in [4.78, 5) is 14.1. The fourth-order valence-electron chi connectivity index (χ4n) is 4.00. The van der Waals surface area contributed by atoms with Crippen molar-refractivity contribution >= 4 is 6.09 Å². The van der Waals surface area contributed by atoms with Crippen molar-refractivity contribution in [2.45, 2.75) is 57.1 Å². The molecule has 1 fully saturated rings. The van der Waals surface area contributed by atoms with E-state index in [0.717, 1.165) is 25.0 Å². The number of fused-ring (bicyclic) bond motifs is 2. The van der Waals surface area contributed by atoms with E-state index in [2.05, 4.69) is 12.1 Å². The van der Waals surface area contributed by atoms with E-state index in [1.165, 1.54) is 11.1 Å². The van der Waals surface area contributed by atoms with Crippen LogP contribution in [0.3, 0.4) is 0 Å². The second-order valence-electron chi connectivity index (χ2n) is 8.01. The number of ether oxygens (including phenoxy) is 2. The molecule has 0 radical (unpaired) electrons. The van der Waals surface area contributed by atoms with Gasteiger partial charge in [0, 0.05) is 24.5 Å². The summed E-state index contributed by atoms with van der Waals surface area (Å²) in [6, 6.07) is 6.27. The largest absolute Gasteiger partial charge is 0.497 e. The molecule has 0 aromatic heterocycles. The first-order valence-corrected chi connectivity index (χ1v) is 8.66. The number of benzene rings is 1. The lowest BCUT2D eigenvalue weighted by Gasteiger charge is -2.40. The Morgan fingerprint density at radius 1 is 1.29 bits per heavy atom. The second-order valence-corrected chi connectivity index (χ2v) is 8.01. The number of nitrogens with zero attached hydrogens (tertiary/aromatic N) is 1. The molecule has 5 heteroatoms. The molecule has 1 saturated heterocycles. The van der Waals surface area contributed by atoms with Gasteiger partial charge in [-0.3, -0.25) is 0 Å². The van der Waals surface area contributed by atoms with Crippen LogP contribution in [0.4, 0.5) is 4.79 Å². The van der Waals surface area contributed by atoms with Crippen LogP contribution in [0.2, 0.25) is 0 Å². The van der Waals surface area contributed by atoms with Gasteiger partial charge in [0.05, 0.1) is 7.11 Å². The molecule has 1 aromatic carbocycles. The van der Waals surface area contributed by atoms with Gasteiger partial charge in [-0.25, -0.2) is 4.79 Å². The summed E-state index contributed by atoms with van der Waals surface area (Å²) in [5.41, 5.74) is 8.50. The van der Waals surface area contributed by atoms with Gasteiger partial charge in [-0.2, -0.15) is 0 Å². The topological polar surface area (TPSA) is 64.8 Å². The van der Waals surface area contributed by atoms with Crippen LogP contribution in [0.5, 0.6) is 5.75 Å². The molecule has 0 unspecified atom stereocenters. The fraction of sp³-hybridized carbons (Fsp3) is 0.632. The number of nitrogens with two attached hydrogens (primary N) is 1. The van der Waals surface area contributed by atoms with Crippen LogP contribution >= 0.6 is 0 Å². The first kappa shape index (κ1) is 17.1. The first-order valence-electron chi connectivity index (χ1n) is 8.66. The number of piperidine rings is 1. The maximum absolute atomic E-state index is 12.3. The Labute approximate surface area is 144 Å². The lowest BCUT2D eigenvalue weighted by Crippen LogP contribution is -2.46. The van der Waals surface area contributed by atoms with E-state index in [4.69, 9.17) is 15.2 Å². The molecule has 3 rings (SSSR count). The van der Waals surface area contributed by atoms with Gasteiger partial charge in [0.2, 0.25) is 0 Å². The number of hydrogen-bond donors (Lipinski definition) is 1. The predicted molar refractivity (Wildman–Crippen MR) is 93.3 cm³/mol. The highest BCUT2D eigenvalue weighted by atomic mass is 16.6. The highest BCUT2D eigenvalue weighted by Crippen LogP contribution is 2.50. The monoisotopic (exact) mass is 332 g/mol. The zero-order valence-corrected chi connectivity index (χ0v) is 15.1. The van der Waals surface area contributed by atoms with Gasteiger partial charge in [-0.1, -0.05) is 6.07 Å². The minimum absolute atomic E-state index is 0.0573. The maximum Gasteiger partial charge on any atom is 0.410 e. The Hall–Kier alpha value is -1.75. The molecular formula is C19H28N2O3. The van der Waals surface area contributed by atoms with Crippen molar-refractivity contribution in [3.63, 3.8) is 0 Å².